The number of benzene rings is 1. The number of urea groups is 1. The third-order valence-corrected chi connectivity index (χ3v) is 3.69. The number of carbonyl (C=O) groups is 1. The number of hydrogen-bond donors (Lipinski definition) is 1. The van der Waals surface area contributed by atoms with E-state index in [-0.39, 0.29) is 11.8 Å². The normalized spacial score (nSPS) is 14.8. The Labute approximate surface area is 128 Å². The van der Waals surface area contributed by atoms with Gasteiger partial charge in [0.15, 0.2) is 0 Å². The van der Waals surface area contributed by atoms with Crippen LogP contribution in [0.3, 0.4) is 0 Å². The number of halogens is 1. The lowest BCUT2D eigenvalue weighted by molar-refractivity contribution is 0.208. The van der Waals surface area contributed by atoms with Gasteiger partial charge >= 0.3 is 6.03 Å². The number of hydrogen-bond acceptors (Lipinski definition) is 3. The molecule has 114 valence electrons. The molecular formula is C16H17FN4O. The number of nitrogens with zero attached hydrogens (tertiary/aromatic N) is 3. The summed E-state index contributed by atoms with van der Waals surface area (Å²) in [4.78, 5) is 20.2. The Morgan fingerprint density at radius 1 is 1.00 bits per heavy atom. The zero-order valence-electron chi connectivity index (χ0n) is 12.1. The fraction of sp³-hybridized carbons (Fsp3) is 0.250. The molecule has 2 amide bonds. The Balaban J connectivity index is 1.54. The number of piperazine rings is 1. The molecule has 0 spiro atoms. The van der Waals surface area contributed by atoms with Crippen LogP contribution in [0.4, 0.5) is 20.6 Å². The smallest absolute Gasteiger partial charge is 0.321 e. The van der Waals surface area contributed by atoms with Crippen molar-refractivity contribution in [3.63, 3.8) is 0 Å². The number of aromatic nitrogens is 1. The van der Waals surface area contributed by atoms with Crippen molar-refractivity contribution in [2.45, 2.75) is 0 Å². The first-order valence-electron chi connectivity index (χ1n) is 7.19. The Morgan fingerprint density at radius 3 is 2.27 bits per heavy atom. The zero-order chi connectivity index (χ0) is 15.4. The second kappa shape index (κ2) is 6.43. The van der Waals surface area contributed by atoms with Crippen LogP contribution in [0.5, 0.6) is 0 Å². The minimum atomic E-state index is -0.316. The second-order valence-corrected chi connectivity index (χ2v) is 5.12. The van der Waals surface area contributed by atoms with Gasteiger partial charge in [-0.1, -0.05) is 0 Å². The molecule has 0 saturated carbocycles. The molecule has 6 heteroatoms. The highest BCUT2D eigenvalue weighted by Crippen LogP contribution is 2.16. The molecule has 1 N–H and O–H groups in total. The van der Waals surface area contributed by atoms with Crippen molar-refractivity contribution in [1.29, 1.82) is 0 Å². The van der Waals surface area contributed by atoms with E-state index in [4.69, 9.17) is 0 Å². The fourth-order valence-electron chi connectivity index (χ4n) is 2.46. The summed E-state index contributed by atoms with van der Waals surface area (Å²) >= 11 is 0. The predicted octanol–water partition coefficient (Wildman–Crippen LogP) is 2.57. The molecule has 1 aromatic heterocycles. The highest BCUT2D eigenvalue weighted by atomic mass is 19.1. The molecule has 1 aliphatic heterocycles. The van der Waals surface area contributed by atoms with Crippen molar-refractivity contribution in [3.8, 4) is 0 Å². The van der Waals surface area contributed by atoms with Gasteiger partial charge < -0.3 is 15.1 Å². The first-order chi connectivity index (χ1) is 10.7. The van der Waals surface area contributed by atoms with Gasteiger partial charge in [-0.2, -0.15) is 0 Å². The van der Waals surface area contributed by atoms with Gasteiger partial charge in [0.25, 0.3) is 0 Å². The third kappa shape index (κ3) is 3.33. The van der Waals surface area contributed by atoms with Crippen LogP contribution >= 0.6 is 0 Å². The molecule has 2 heterocycles. The van der Waals surface area contributed by atoms with E-state index in [0.717, 1.165) is 18.8 Å². The van der Waals surface area contributed by atoms with Crippen LogP contribution < -0.4 is 10.2 Å². The molecular weight excluding hydrogens is 283 g/mol. The van der Waals surface area contributed by atoms with Gasteiger partial charge in [0.05, 0.1) is 0 Å². The van der Waals surface area contributed by atoms with E-state index in [9.17, 15) is 9.18 Å². The highest BCUT2D eigenvalue weighted by Gasteiger charge is 2.21. The lowest BCUT2D eigenvalue weighted by atomic mass is 10.2. The molecule has 0 radical (unpaired) electrons. The number of rotatable bonds is 2. The fourth-order valence-corrected chi connectivity index (χ4v) is 2.46. The van der Waals surface area contributed by atoms with Gasteiger partial charge in [0.2, 0.25) is 0 Å². The van der Waals surface area contributed by atoms with Gasteiger partial charge in [-0.3, -0.25) is 4.98 Å². The molecule has 1 aromatic carbocycles. The van der Waals surface area contributed by atoms with Crippen LogP contribution in [0.25, 0.3) is 0 Å². The lowest BCUT2D eigenvalue weighted by Gasteiger charge is -2.36. The number of pyridine rings is 1. The van der Waals surface area contributed by atoms with Crippen molar-refractivity contribution in [3.05, 3.63) is 54.6 Å². The van der Waals surface area contributed by atoms with E-state index in [1.54, 1.807) is 29.4 Å². The molecule has 0 atom stereocenters. The van der Waals surface area contributed by atoms with Gasteiger partial charge in [0.1, 0.15) is 5.82 Å². The van der Waals surface area contributed by atoms with Crippen LogP contribution in [0.15, 0.2) is 48.8 Å². The van der Waals surface area contributed by atoms with E-state index in [0.29, 0.717) is 18.8 Å². The molecule has 2 aromatic rings. The van der Waals surface area contributed by atoms with Crippen molar-refractivity contribution in [2.75, 3.05) is 36.4 Å². The molecule has 1 fully saturated rings. The minimum Gasteiger partial charge on any atom is -0.368 e. The van der Waals surface area contributed by atoms with Crippen LogP contribution in [-0.2, 0) is 0 Å². The summed E-state index contributed by atoms with van der Waals surface area (Å²) in [6, 6.07) is 9.55. The Kier molecular flexibility index (Phi) is 4.18. The minimum absolute atomic E-state index is 0.152. The number of amides is 2. The van der Waals surface area contributed by atoms with Crippen LogP contribution in [0.1, 0.15) is 0 Å². The summed E-state index contributed by atoms with van der Waals surface area (Å²) in [5, 5.41) is 2.79. The molecule has 0 unspecified atom stereocenters. The largest absolute Gasteiger partial charge is 0.368 e. The van der Waals surface area contributed by atoms with Crippen LogP contribution in [0, 0.1) is 5.82 Å². The first-order valence-corrected chi connectivity index (χ1v) is 7.19. The Morgan fingerprint density at radius 2 is 1.64 bits per heavy atom. The van der Waals surface area contributed by atoms with Crippen molar-refractivity contribution in [1.82, 2.24) is 9.88 Å². The summed E-state index contributed by atoms with van der Waals surface area (Å²) in [7, 11) is 0. The molecule has 1 aliphatic rings. The van der Waals surface area contributed by atoms with E-state index >= 15 is 0 Å². The first kappa shape index (κ1) is 14.3. The average molecular weight is 300 g/mol. The highest BCUT2D eigenvalue weighted by molar-refractivity contribution is 5.89. The second-order valence-electron chi connectivity index (χ2n) is 5.12. The van der Waals surface area contributed by atoms with E-state index in [1.165, 1.54) is 12.1 Å². The zero-order valence-corrected chi connectivity index (χ0v) is 12.1. The number of nitrogens with one attached hydrogen (secondary N) is 1. The summed E-state index contributed by atoms with van der Waals surface area (Å²) < 4.78 is 12.8. The molecule has 22 heavy (non-hydrogen) atoms. The van der Waals surface area contributed by atoms with Gasteiger partial charge in [-0.25, -0.2) is 9.18 Å². The maximum atomic E-state index is 12.8. The summed E-state index contributed by atoms with van der Waals surface area (Å²) in [6.45, 7) is 2.85. The van der Waals surface area contributed by atoms with E-state index in [2.05, 4.69) is 15.2 Å². The van der Waals surface area contributed by atoms with Gasteiger partial charge in [-0.15, -0.1) is 0 Å². The maximum Gasteiger partial charge on any atom is 0.321 e. The van der Waals surface area contributed by atoms with Gasteiger partial charge in [0, 0.05) is 49.9 Å². The van der Waals surface area contributed by atoms with Crippen LogP contribution in [0.2, 0.25) is 0 Å². The Bertz CT molecular complexity index is 624. The lowest BCUT2D eigenvalue weighted by Crippen LogP contribution is -2.50. The number of anilines is 2. The Hall–Kier alpha value is -2.63. The summed E-state index contributed by atoms with van der Waals surface area (Å²) in [5.74, 6) is -0.316. The summed E-state index contributed by atoms with van der Waals surface area (Å²) in [6.07, 6.45) is 3.53. The van der Waals surface area contributed by atoms with Crippen molar-refractivity contribution < 1.29 is 9.18 Å². The van der Waals surface area contributed by atoms with Crippen LogP contribution in [-0.4, -0.2) is 42.1 Å². The van der Waals surface area contributed by atoms with Gasteiger partial charge in [-0.05, 0) is 36.4 Å². The average Bonchev–Trinajstić information content (AvgIpc) is 2.58. The molecule has 3 rings (SSSR count). The number of carbonyl (C=O) groups excluding carboxylic acids is 1. The monoisotopic (exact) mass is 300 g/mol. The predicted molar refractivity (Wildman–Crippen MR) is 83.4 cm³/mol. The topological polar surface area (TPSA) is 48.5 Å². The standard InChI is InChI=1S/C16H17FN4O/c17-13-1-3-14(4-2-13)19-16(22)21-11-9-20(10-12-21)15-5-7-18-8-6-15/h1-8H,9-12H2,(H,19,22). The quantitative estimate of drug-likeness (QED) is 0.927. The molecule has 0 aliphatic carbocycles. The van der Waals surface area contributed by atoms with E-state index in [1.807, 2.05) is 12.1 Å². The maximum absolute atomic E-state index is 12.8. The van der Waals surface area contributed by atoms with Crippen molar-refractivity contribution in [2.24, 2.45) is 0 Å². The molecule has 5 nitrogen and oxygen atoms in total. The van der Waals surface area contributed by atoms with Crippen molar-refractivity contribution >= 4 is 17.4 Å². The summed E-state index contributed by atoms with van der Waals surface area (Å²) in [5.41, 5.74) is 1.72. The van der Waals surface area contributed by atoms with E-state index < -0.39 is 0 Å². The molecule has 1 saturated heterocycles. The SMILES string of the molecule is O=C(Nc1ccc(F)cc1)N1CCN(c2ccncc2)CC1. The third-order valence-electron chi connectivity index (χ3n) is 3.69. The molecule has 0 bridgehead atoms.